The number of hydrogen-bond donors (Lipinski definition) is 0. The summed E-state index contributed by atoms with van der Waals surface area (Å²) in [6, 6.07) is 0. The van der Waals surface area contributed by atoms with Crippen LogP contribution in [0.25, 0.3) is 0 Å². The van der Waals surface area contributed by atoms with Gasteiger partial charge in [-0.2, -0.15) is 0 Å². The Balaban J connectivity index is 1.52. The average Bonchev–Trinajstić information content (AvgIpc) is 3.10. The molecule has 4 aliphatic rings. The first-order chi connectivity index (χ1) is 8.79. The maximum Gasteiger partial charge on any atom is -0.0172 e. The lowest BCUT2D eigenvalue weighted by Gasteiger charge is -2.37. The molecule has 18 heavy (non-hydrogen) atoms. The van der Waals surface area contributed by atoms with E-state index < -0.39 is 0 Å². The molecule has 0 aromatic carbocycles. The van der Waals surface area contributed by atoms with Crippen LogP contribution in [0.3, 0.4) is 0 Å². The standard InChI is InChI=1S/C18H26/c1-3-4-5-11(2)15-9-14-10-16(15)18-13-7-6-12(8-13)17(14)18/h6-7,12-18H,2-5,8-10H2,1H3. The van der Waals surface area contributed by atoms with Crippen LogP contribution in [0.2, 0.25) is 0 Å². The zero-order chi connectivity index (χ0) is 12.3. The zero-order valence-electron chi connectivity index (χ0n) is 11.6. The minimum Gasteiger partial charge on any atom is -0.0996 e. The lowest BCUT2D eigenvalue weighted by Crippen LogP contribution is -2.31. The molecule has 3 fully saturated rings. The number of fused-ring (bicyclic) bond motifs is 9. The molecule has 4 aliphatic carbocycles. The Labute approximate surface area is 112 Å². The van der Waals surface area contributed by atoms with Gasteiger partial charge in [-0.25, -0.2) is 0 Å². The summed E-state index contributed by atoms with van der Waals surface area (Å²) in [6.07, 6.45) is 13.6. The fourth-order valence-corrected chi connectivity index (χ4v) is 6.07. The molecule has 0 heteroatoms. The molecule has 0 aromatic rings. The van der Waals surface area contributed by atoms with Crippen molar-refractivity contribution in [3.63, 3.8) is 0 Å². The Morgan fingerprint density at radius 3 is 2.67 bits per heavy atom. The normalized spacial score (nSPS) is 51.1. The zero-order valence-corrected chi connectivity index (χ0v) is 11.6. The van der Waals surface area contributed by atoms with Gasteiger partial charge in [-0.3, -0.25) is 0 Å². The minimum absolute atomic E-state index is 0.899. The number of allylic oxidation sites excluding steroid dienone is 3. The smallest absolute Gasteiger partial charge is 0.0172 e. The van der Waals surface area contributed by atoms with Crippen molar-refractivity contribution in [1.82, 2.24) is 0 Å². The molecule has 0 amide bonds. The van der Waals surface area contributed by atoms with Crippen molar-refractivity contribution in [2.24, 2.45) is 41.4 Å². The highest BCUT2D eigenvalue weighted by Gasteiger charge is 2.60. The van der Waals surface area contributed by atoms with Crippen LogP contribution >= 0.6 is 0 Å². The van der Waals surface area contributed by atoms with Gasteiger partial charge in [-0.15, -0.1) is 0 Å². The Bertz CT molecular complexity index is 391. The van der Waals surface area contributed by atoms with Gasteiger partial charge < -0.3 is 0 Å². The number of rotatable bonds is 4. The van der Waals surface area contributed by atoms with Gasteiger partial charge in [-0.1, -0.05) is 37.6 Å². The average molecular weight is 242 g/mol. The van der Waals surface area contributed by atoms with E-state index in [-0.39, 0.29) is 0 Å². The summed E-state index contributed by atoms with van der Waals surface area (Å²) >= 11 is 0. The second kappa shape index (κ2) is 3.99. The highest BCUT2D eigenvalue weighted by atomic mass is 14.6. The van der Waals surface area contributed by atoms with Crippen molar-refractivity contribution < 1.29 is 0 Å². The van der Waals surface area contributed by atoms with Crippen LogP contribution in [0.1, 0.15) is 45.4 Å². The summed E-state index contributed by atoms with van der Waals surface area (Å²) in [7, 11) is 0. The van der Waals surface area contributed by atoms with Crippen LogP contribution in [-0.4, -0.2) is 0 Å². The van der Waals surface area contributed by atoms with Crippen molar-refractivity contribution in [2.75, 3.05) is 0 Å². The second-order valence-electron chi connectivity index (χ2n) is 7.37. The van der Waals surface area contributed by atoms with E-state index in [4.69, 9.17) is 0 Å². The Morgan fingerprint density at radius 1 is 1.11 bits per heavy atom. The van der Waals surface area contributed by atoms with Gasteiger partial charge >= 0.3 is 0 Å². The van der Waals surface area contributed by atoms with Gasteiger partial charge in [0.2, 0.25) is 0 Å². The third kappa shape index (κ3) is 1.38. The predicted molar refractivity (Wildman–Crippen MR) is 76.1 cm³/mol. The molecule has 4 rings (SSSR count). The van der Waals surface area contributed by atoms with E-state index in [9.17, 15) is 0 Å². The van der Waals surface area contributed by atoms with Crippen molar-refractivity contribution in [2.45, 2.75) is 45.4 Å². The summed E-state index contributed by atoms with van der Waals surface area (Å²) in [6.45, 7) is 6.75. The van der Waals surface area contributed by atoms with E-state index in [1.165, 1.54) is 32.1 Å². The largest absolute Gasteiger partial charge is 0.0996 e. The fraction of sp³-hybridized carbons (Fsp3) is 0.778. The molecule has 0 aromatic heterocycles. The molecular formula is C18H26. The molecule has 4 bridgehead atoms. The molecule has 0 saturated heterocycles. The van der Waals surface area contributed by atoms with Crippen LogP contribution in [0.15, 0.2) is 24.3 Å². The van der Waals surface area contributed by atoms with Crippen molar-refractivity contribution >= 4 is 0 Å². The Kier molecular flexibility index (Phi) is 2.51. The summed E-state index contributed by atoms with van der Waals surface area (Å²) in [5, 5.41) is 0. The highest BCUT2D eigenvalue weighted by molar-refractivity contribution is 5.23. The highest BCUT2D eigenvalue weighted by Crippen LogP contribution is 2.67. The third-order valence-corrected chi connectivity index (χ3v) is 6.65. The molecular weight excluding hydrogens is 216 g/mol. The SMILES string of the molecule is C=C(CCCC)C1CC2CC1C1C3C=CC(C3)C21. The second-order valence-corrected chi connectivity index (χ2v) is 7.37. The lowest BCUT2D eigenvalue weighted by atomic mass is 9.67. The van der Waals surface area contributed by atoms with Gasteiger partial charge in [0.1, 0.15) is 0 Å². The van der Waals surface area contributed by atoms with Crippen LogP contribution in [-0.2, 0) is 0 Å². The Hall–Kier alpha value is -0.520. The molecule has 0 spiro atoms. The fourth-order valence-electron chi connectivity index (χ4n) is 6.07. The van der Waals surface area contributed by atoms with E-state index in [0.717, 1.165) is 41.4 Å². The summed E-state index contributed by atoms with van der Waals surface area (Å²) < 4.78 is 0. The van der Waals surface area contributed by atoms with Crippen LogP contribution < -0.4 is 0 Å². The lowest BCUT2D eigenvalue weighted by molar-refractivity contribution is 0.166. The molecule has 0 heterocycles. The van der Waals surface area contributed by atoms with Crippen molar-refractivity contribution in [1.29, 1.82) is 0 Å². The van der Waals surface area contributed by atoms with Gasteiger partial charge in [0.25, 0.3) is 0 Å². The number of hydrogen-bond acceptors (Lipinski definition) is 0. The van der Waals surface area contributed by atoms with Gasteiger partial charge in [0, 0.05) is 0 Å². The molecule has 0 nitrogen and oxygen atoms in total. The molecule has 3 saturated carbocycles. The summed E-state index contributed by atoms with van der Waals surface area (Å²) in [5.41, 5.74) is 1.61. The van der Waals surface area contributed by atoms with Gasteiger partial charge in [0.05, 0.1) is 0 Å². The summed E-state index contributed by atoms with van der Waals surface area (Å²) in [5.74, 6) is 7.04. The third-order valence-electron chi connectivity index (χ3n) is 6.65. The van der Waals surface area contributed by atoms with E-state index in [2.05, 4.69) is 25.7 Å². The molecule has 7 atom stereocenters. The van der Waals surface area contributed by atoms with Crippen LogP contribution in [0.5, 0.6) is 0 Å². The van der Waals surface area contributed by atoms with Gasteiger partial charge in [0.15, 0.2) is 0 Å². The monoisotopic (exact) mass is 242 g/mol. The topological polar surface area (TPSA) is 0 Å². The van der Waals surface area contributed by atoms with Crippen molar-refractivity contribution in [3.8, 4) is 0 Å². The van der Waals surface area contributed by atoms with Gasteiger partial charge in [-0.05, 0) is 73.5 Å². The molecule has 0 aliphatic heterocycles. The molecule has 0 radical (unpaired) electrons. The maximum atomic E-state index is 4.45. The quantitative estimate of drug-likeness (QED) is 0.489. The first-order valence-corrected chi connectivity index (χ1v) is 8.15. The van der Waals surface area contributed by atoms with E-state index in [0.29, 0.717) is 0 Å². The maximum absolute atomic E-state index is 4.45. The molecule has 98 valence electrons. The molecule has 0 N–H and O–H groups in total. The summed E-state index contributed by atoms with van der Waals surface area (Å²) in [4.78, 5) is 0. The van der Waals surface area contributed by atoms with Crippen LogP contribution in [0.4, 0.5) is 0 Å². The minimum atomic E-state index is 0.899. The predicted octanol–water partition coefficient (Wildman–Crippen LogP) is 4.83. The first-order valence-electron chi connectivity index (χ1n) is 8.15. The van der Waals surface area contributed by atoms with Crippen molar-refractivity contribution in [3.05, 3.63) is 24.3 Å². The van der Waals surface area contributed by atoms with Crippen LogP contribution in [0, 0.1) is 41.4 Å². The Morgan fingerprint density at radius 2 is 1.89 bits per heavy atom. The van der Waals surface area contributed by atoms with E-state index >= 15 is 0 Å². The number of unbranched alkanes of at least 4 members (excludes halogenated alkanes) is 1. The molecule has 7 unspecified atom stereocenters. The first kappa shape index (κ1) is 11.3. The van der Waals surface area contributed by atoms with E-state index in [1.54, 1.807) is 12.0 Å². The van der Waals surface area contributed by atoms with E-state index in [1.807, 2.05) is 0 Å².